The third-order valence-corrected chi connectivity index (χ3v) is 6.93. The molecule has 0 unspecified atom stereocenters. The number of H-pyrrole nitrogens is 1. The summed E-state index contributed by atoms with van der Waals surface area (Å²) in [7, 11) is 0. The van der Waals surface area contributed by atoms with Crippen molar-refractivity contribution in [3.05, 3.63) is 65.4 Å². The topological polar surface area (TPSA) is 92.4 Å². The number of aromatic amines is 1. The summed E-state index contributed by atoms with van der Waals surface area (Å²) in [5, 5.41) is 8.17. The van der Waals surface area contributed by atoms with Gasteiger partial charge in [-0.15, -0.1) is 0 Å². The largest absolute Gasteiger partial charge is 0.492 e. The van der Waals surface area contributed by atoms with Crippen LogP contribution in [0.3, 0.4) is 0 Å². The van der Waals surface area contributed by atoms with Crippen molar-refractivity contribution in [3.8, 4) is 17.1 Å². The van der Waals surface area contributed by atoms with E-state index in [4.69, 9.17) is 15.6 Å². The van der Waals surface area contributed by atoms with Gasteiger partial charge in [0.05, 0.1) is 37.3 Å². The maximum atomic E-state index is 11.7. The van der Waals surface area contributed by atoms with Crippen LogP contribution in [0.5, 0.6) is 5.75 Å². The van der Waals surface area contributed by atoms with E-state index in [2.05, 4.69) is 31.8 Å². The molecule has 1 aliphatic carbocycles. The number of para-hydroxylation sites is 2. The number of rotatable bonds is 5. The van der Waals surface area contributed by atoms with Crippen molar-refractivity contribution in [2.45, 2.75) is 19.8 Å². The lowest BCUT2D eigenvalue weighted by atomic mass is 9.93. The monoisotopic (exact) mass is 456 g/mol. The number of fused-ring (bicyclic) bond motifs is 5. The summed E-state index contributed by atoms with van der Waals surface area (Å²) in [5.74, 6) is 0.537. The van der Waals surface area contributed by atoms with Crippen molar-refractivity contribution in [2.75, 3.05) is 42.7 Å². The number of hydrogen-bond donors (Lipinski definition) is 2. The first-order valence-corrected chi connectivity index (χ1v) is 11.9. The SMILES string of the molecule is CCOc1ccccc1N1CCN(n2ncc3c2-c2[nH]c4ccc(C(N)=O)cc4c2CC3)CC1. The number of aromatic nitrogens is 3. The number of carbonyl (C=O) groups is 1. The summed E-state index contributed by atoms with van der Waals surface area (Å²) in [5.41, 5.74) is 12.9. The predicted molar refractivity (Wildman–Crippen MR) is 133 cm³/mol. The molecule has 3 N–H and O–H groups in total. The number of hydrogen-bond acceptors (Lipinski definition) is 5. The number of carbonyl (C=O) groups excluding carboxylic acids is 1. The quantitative estimate of drug-likeness (QED) is 0.482. The van der Waals surface area contributed by atoms with E-state index in [0.717, 1.165) is 72.7 Å². The smallest absolute Gasteiger partial charge is 0.248 e. The molecule has 1 fully saturated rings. The van der Waals surface area contributed by atoms with Crippen molar-refractivity contribution >= 4 is 22.5 Å². The molecule has 0 radical (unpaired) electrons. The molecule has 34 heavy (non-hydrogen) atoms. The second-order valence-electron chi connectivity index (χ2n) is 8.85. The minimum absolute atomic E-state index is 0.401. The molecule has 8 heteroatoms. The molecular weight excluding hydrogens is 428 g/mol. The molecule has 6 rings (SSSR count). The molecule has 2 aliphatic rings. The van der Waals surface area contributed by atoms with E-state index in [-0.39, 0.29) is 0 Å². The first-order valence-electron chi connectivity index (χ1n) is 11.9. The highest BCUT2D eigenvalue weighted by atomic mass is 16.5. The number of primary amides is 1. The van der Waals surface area contributed by atoms with E-state index < -0.39 is 5.91 Å². The Balaban J connectivity index is 1.30. The lowest BCUT2D eigenvalue weighted by molar-refractivity contribution is 0.100. The molecule has 1 aliphatic heterocycles. The minimum Gasteiger partial charge on any atom is -0.492 e. The highest BCUT2D eigenvalue weighted by molar-refractivity contribution is 6.00. The van der Waals surface area contributed by atoms with Crippen molar-refractivity contribution in [3.63, 3.8) is 0 Å². The third kappa shape index (κ3) is 3.29. The van der Waals surface area contributed by atoms with Crippen molar-refractivity contribution < 1.29 is 9.53 Å². The first kappa shape index (κ1) is 20.7. The highest BCUT2D eigenvalue weighted by Gasteiger charge is 2.29. The highest BCUT2D eigenvalue weighted by Crippen LogP contribution is 2.38. The standard InChI is InChI=1S/C26H28N6O2/c1-2-34-23-6-4-3-5-22(23)30-11-13-31(14-12-30)32-25-18(16-28-32)7-9-19-20-15-17(26(27)33)8-10-21(20)29-24(19)25/h3-6,8,10,15-16,29H,2,7,9,11-14H2,1H3,(H2,27,33). The second kappa shape index (κ2) is 8.13. The molecular formula is C26H28N6O2. The summed E-state index contributed by atoms with van der Waals surface area (Å²) in [4.78, 5) is 19.8. The molecule has 3 heterocycles. The number of piperazine rings is 1. The Labute approximate surface area is 197 Å². The molecule has 0 spiro atoms. The van der Waals surface area contributed by atoms with Gasteiger partial charge >= 0.3 is 0 Å². The molecule has 2 aromatic heterocycles. The van der Waals surface area contributed by atoms with Gasteiger partial charge in [0.2, 0.25) is 5.91 Å². The Morgan fingerprint density at radius 2 is 1.94 bits per heavy atom. The lowest BCUT2D eigenvalue weighted by Gasteiger charge is -2.38. The van der Waals surface area contributed by atoms with E-state index in [1.807, 2.05) is 37.4 Å². The van der Waals surface area contributed by atoms with Gasteiger partial charge in [0.1, 0.15) is 11.4 Å². The van der Waals surface area contributed by atoms with Crippen LogP contribution >= 0.6 is 0 Å². The van der Waals surface area contributed by atoms with E-state index >= 15 is 0 Å². The van der Waals surface area contributed by atoms with Crippen LogP contribution in [0.15, 0.2) is 48.7 Å². The van der Waals surface area contributed by atoms with Crippen LogP contribution in [0.1, 0.15) is 28.4 Å². The Hall–Kier alpha value is -3.94. The fourth-order valence-corrected chi connectivity index (χ4v) is 5.27. The predicted octanol–water partition coefficient (Wildman–Crippen LogP) is 3.09. The summed E-state index contributed by atoms with van der Waals surface area (Å²) in [6.07, 6.45) is 3.84. The number of amides is 1. The molecule has 1 amide bonds. The zero-order chi connectivity index (χ0) is 23.2. The zero-order valence-corrected chi connectivity index (χ0v) is 19.3. The van der Waals surface area contributed by atoms with Gasteiger partial charge in [-0.3, -0.25) is 9.80 Å². The van der Waals surface area contributed by atoms with Crippen LogP contribution in [0.2, 0.25) is 0 Å². The van der Waals surface area contributed by atoms with Gasteiger partial charge in [-0.05, 0) is 55.7 Å². The van der Waals surface area contributed by atoms with Crippen LogP contribution in [-0.4, -0.2) is 53.6 Å². The summed E-state index contributed by atoms with van der Waals surface area (Å²) >= 11 is 0. The van der Waals surface area contributed by atoms with Gasteiger partial charge in [-0.25, -0.2) is 0 Å². The van der Waals surface area contributed by atoms with Crippen LogP contribution in [0, 0.1) is 0 Å². The number of ether oxygens (including phenoxy) is 1. The number of aryl methyl sites for hydroxylation is 2. The van der Waals surface area contributed by atoms with E-state index in [1.165, 1.54) is 11.1 Å². The number of nitrogens with one attached hydrogen (secondary N) is 1. The summed E-state index contributed by atoms with van der Waals surface area (Å²) in [6, 6.07) is 13.9. The van der Waals surface area contributed by atoms with E-state index in [1.54, 1.807) is 6.07 Å². The number of nitrogens with two attached hydrogens (primary N) is 1. The summed E-state index contributed by atoms with van der Waals surface area (Å²) < 4.78 is 5.85. The Bertz CT molecular complexity index is 1380. The van der Waals surface area contributed by atoms with Gasteiger partial charge in [0.15, 0.2) is 0 Å². The average molecular weight is 457 g/mol. The van der Waals surface area contributed by atoms with Gasteiger partial charge in [0.25, 0.3) is 0 Å². The van der Waals surface area contributed by atoms with Crippen molar-refractivity contribution in [1.82, 2.24) is 14.9 Å². The Morgan fingerprint density at radius 1 is 1.12 bits per heavy atom. The van der Waals surface area contributed by atoms with E-state index in [0.29, 0.717) is 12.2 Å². The van der Waals surface area contributed by atoms with Crippen LogP contribution in [0.25, 0.3) is 22.3 Å². The number of nitrogens with zero attached hydrogens (tertiary/aromatic N) is 4. The number of benzene rings is 2. The molecule has 174 valence electrons. The Morgan fingerprint density at radius 3 is 2.74 bits per heavy atom. The third-order valence-electron chi connectivity index (χ3n) is 6.93. The lowest BCUT2D eigenvalue weighted by Crippen LogP contribution is -2.52. The van der Waals surface area contributed by atoms with Crippen molar-refractivity contribution in [1.29, 1.82) is 0 Å². The normalized spacial score (nSPS) is 15.3. The van der Waals surface area contributed by atoms with Gasteiger partial charge in [-0.1, -0.05) is 12.1 Å². The fourth-order valence-electron chi connectivity index (χ4n) is 5.27. The van der Waals surface area contributed by atoms with Crippen molar-refractivity contribution in [2.24, 2.45) is 5.73 Å². The first-order chi connectivity index (χ1) is 16.6. The summed E-state index contributed by atoms with van der Waals surface area (Å²) in [6.45, 7) is 6.17. The second-order valence-corrected chi connectivity index (χ2v) is 8.85. The van der Waals surface area contributed by atoms with Crippen LogP contribution < -0.4 is 20.4 Å². The number of anilines is 1. The van der Waals surface area contributed by atoms with Gasteiger partial charge in [-0.2, -0.15) is 9.89 Å². The fraction of sp³-hybridized carbons (Fsp3) is 0.308. The maximum Gasteiger partial charge on any atom is 0.248 e. The molecule has 2 aromatic carbocycles. The average Bonchev–Trinajstić information content (AvgIpc) is 3.46. The van der Waals surface area contributed by atoms with Gasteiger partial charge in [0, 0.05) is 35.1 Å². The minimum atomic E-state index is -0.401. The molecule has 1 saturated heterocycles. The molecule has 0 bridgehead atoms. The molecule has 8 nitrogen and oxygen atoms in total. The van der Waals surface area contributed by atoms with Crippen LogP contribution in [-0.2, 0) is 12.8 Å². The zero-order valence-electron chi connectivity index (χ0n) is 19.3. The van der Waals surface area contributed by atoms with Crippen LogP contribution in [0.4, 0.5) is 5.69 Å². The maximum absolute atomic E-state index is 11.7. The Kier molecular flexibility index (Phi) is 4.94. The molecule has 0 atom stereocenters. The molecule has 4 aromatic rings. The van der Waals surface area contributed by atoms with Gasteiger partial charge < -0.3 is 20.4 Å². The van der Waals surface area contributed by atoms with E-state index in [9.17, 15) is 4.79 Å². The molecule has 0 saturated carbocycles.